The van der Waals surface area contributed by atoms with Crippen LogP contribution in [-0.2, 0) is 16.1 Å². The van der Waals surface area contributed by atoms with E-state index in [0.717, 1.165) is 18.4 Å². The Morgan fingerprint density at radius 1 is 1.15 bits per heavy atom. The number of aromatic nitrogens is 2. The van der Waals surface area contributed by atoms with E-state index in [1.807, 2.05) is 44.2 Å². The van der Waals surface area contributed by atoms with E-state index in [2.05, 4.69) is 17.2 Å². The largest absolute Gasteiger partial charge is 0.465 e. The number of hydrogen-bond donors (Lipinski definition) is 1. The van der Waals surface area contributed by atoms with E-state index in [0.29, 0.717) is 28.2 Å². The van der Waals surface area contributed by atoms with E-state index in [9.17, 15) is 14.4 Å². The van der Waals surface area contributed by atoms with Gasteiger partial charge in [0.1, 0.15) is 0 Å². The highest BCUT2D eigenvalue weighted by Crippen LogP contribution is 2.22. The number of amides is 1. The molecule has 0 spiro atoms. The van der Waals surface area contributed by atoms with Crippen molar-refractivity contribution in [1.82, 2.24) is 14.9 Å². The summed E-state index contributed by atoms with van der Waals surface area (Å²) in [6, 6.07) is 14.6. The lowest BCUT2D eigenvalue weighted by atomic mass is 10.0. The lowest BCUT2D eigenvalue weighted by Gasteiger charge is -2.19. The molecule has 0 aliphatic rings. The molecule has 34 heavy (non-hydrogen) atoms. The van der Waals surface area contributed by atoms with Crippen molar-refractivity contribution >= 4 is 34.5 Å². The molecule has 0 unspecified atom stereocenters. The number of fused-ring (bicyclic) bond motifs is 1. The Morgan fingerprint density at radius 2 is 1.88 bits per heavy atom. The van der Waals surface area contributed by atoms with Crippen molar-refractivity contribution in [3.8, 4) is 0 Å². The summed E-state index contributed by atoms with van der Waals surface area (Å²) in [6.45, 7) is 6.61. The van der Waals surface area contributed by atoms with Crippen LogP contribution < -0.4 is 10.9 Å². The third-order valence-corrected chi connectivity index (χ3v) is 6.31. The van der Waals surface area contributed by atoms with Crippen LogP contribution in [0.15, 0.2) is 58.5 Å². The van der Waals surface area contributed by atoms with Crippen molar-refractivity contribution in [1.29, 1.82) is 0 Å². The van der Waals surface area contributed by atoms with E-state index in [4.69, 9.17) is 4.74 Å². The number of thioether (sulfide) groups is 1. The average Bonchev–Trinajstić information content (AvgIpc) is 2.84. The molecule has 1 heterocycles. The first-order valence-electron chi connectivity index (χ1n) is 11.4. The van der Waals surface area contributed by atoms with E-state index in [-0.39, 0.29) is 29.2 Å². The fourth-order valence-corrected chi connectivity index (χ4v) is 4.56. The highest BCUT2D eigenvalue weighted by Gasteiger charge is 2.18. The van der Waals surface area contributed by atoms with Crippen molar-refractivity contribution in [2.45, 2.75) is 51.4 Å². The van der Waals surface area contributed by atoms with E-state index < -0.39 is 5.97 Å². The number of nitrogens with one attached hydrogen (secondary N) is 1. The van der Waals surface area contributed by atoms with Crippen molar-refractivity contribution in [2.75, 3.05) is 12.9 Å². The van der Waals surface area contributed by atoms with Crippen LogP contribution in [0.5, 0.6) is 0 Å². The van der Waals surface area contributed by atoms with Crippen LogP contribution in [0.4, 0.5) is 0 Å². The van der Waals surface area contributed by atoms with E-state index in [1.165, 1.54) is 18.9 Å². The minimum absolute atomic E-state index is 0.0654. The molecule has 1 aromatic heterocycles. The van der Waals surface area contributed by atoms with Crippen LogP contribution in [0.1, 0.15) is 55.6 Å². The topological polar surface area (TPSA) is 90.3 Å². The van der Waals surface area contributed by atoms with Gasteiger partial charge in [-0.3, -0.25) is 14.2 Å². The van der Waals surface area contributed by atoms with Crippen molar-refractivity contribution in [2.24, 2.45) is 5.92 Å². The van der Waals surface area contributed by atoms with Gasteiger partial charge in [-0.25, -0.2) is 9.78 Å². The van der Waals surface area contributed by atoms with Gasteiger partial charge in [-0.2, -0.15) is 0 Å². The number of carbonyl (C=O) groups is 2. The minimum Gasteiger partial charge on any atom is -0.465 e. The minimum atomic E-state index is -0.494. The zero-order chi connectivity index (χ0) is 24.7. The van der Waals surface area contributed by atoms with Gasteiger partial charge in [-0.05, 0) is 36.1 Å². The van der Waals surface area contributed by atoms with Crippen LogP contribution >= 0.6 is 11.8 Å². The number of methoxy groups -OCH3 is 1. The molecule has 3 rings (SSSR count). The summed E-state index contributed by atoms with van der Waals surface area (Å²) in [7, 11) is 1.31. The van der Waals surface area contributed by atoms with Gasteiger partial charge in [0.25, 0.3) is 5.56 Å². The maximum Gasteiger partial charge on any atom is 0.337 e. The standard InChI is InChI=1S/C26H31N3O4S/c1-5-9-21(18-10-7-6-8-11-18)27-23(30)16-34-26-28-22-14-19(25(32)33-4)12-13-20(22)24(31)29(26)15-17(2)3/h6-8,10-14,17,21H,5,9,15-16H2,1-4H3,(H,27,30)/t21-/m1/s1. The number of rotatable bonds is 10. The number of carbonyl (C=O) groups excluding carboxylic acids is 2. The van der Waals surface area contributed by atoms with Crippen LogP contribution in [0.3, 0.4) is 0 Å². The van der Waals surface area contributed by atoms with Gasteiger partial charge in [-0.15, -0.1) is 0 Å². The molecular weight excluding hydrogens is 450 g/mol. The van der Waals surface area contributed by atoms with Gasteiger partial charge < -0.3 is 10.1 Å². The summed E-state index contributed by atoms with van der Waals surface area (Å²) in [5.74, 6) is -0.279. The average molecular weight is 482 g/mol. The fourth-order valence-electron chi connectivity index (χ4n) is 3.74. The van der Waals surface area contributed by atoms with Gasteiger partial charge >= 0.3 is 5.97 Å². The molecule has 0 saturated carbocycles. The summed E-state index contributed by atoms with van der Waals surface area (Å²) >= 11 is 1.23. The molecule has 1 N–H and O–H groups in total. The van der Waals surface area contributed by atoms with Gasteiger partial charge in [0.05, 0.1) is 35.4 Å². The predicted molar refractivity (Wildman–Crippen MR) is 135 cm³/mol. The first-order valence-corrected chi connectivity index (χ1v) is 12.4. The zero-order valence-corrected chi connectivity index (χ0v) is 20.9. The van der Waals surface area contributed by atoms with Gasteiger partial charge in [0.2, 0.25) is 5.91 Å². The Hall–Kier alpha value is -3.13. The molecule has 1 amide bonds. The number of benzene rings is 2. The summed E-state index contributed by atoms with van der Waals surface area (Å²) in [5.41, 5.74) is 1.61. The molecule has 8 heteroatoms. The number of hydrogen-bond acceptors (Lipinski definition) is 6. The third kappa shape index (κ3) is 6.26. The molecule has 180 valence electrons. The molecule has 0 fully saturated rings. The number of esters is 1. The SMILES string of the molecule is CCC[C@@H](NC(=O)CSc1nc2cc(C(=O)OC)ccc2c(=O)n1CC(C)C)c1ccccc1. The van der Waals surface area contributed by atoms with E-state index >= 15 is 0 Å². The molecule has 0 bridgehead atoms. The molecule has 0 radical (unpaired) electrons. The lowest BCUT2D eigenvalue weighted by molar-refractivity contribution is -0.119. The second-order valence-corrected chi connectivity index (χ2v) is 9.48. The second kappa shape index (κ2) is 11.8. The zero-order valence-electron chi connectivity index (χ0n) is 20.0. The summed E-state index contributed by atoms with van der Waals surface area (Å²) in [6.07, 6.45) is 1.78. The van der Waals surface area contributed by atoms with Gasteiger partial charge in [0.15, 0.2) is 5.16 Å². The second-order valence-electron chi connectivity index (χ2n) is 8.54. The predicted octanol–water partition coefficient (Wildman–Crippen LogP) is 4.59. The van der Waals surface area contributed by atoms with Gasteiger partial charge in [0, 0.05) is 6.54 Å². The van der Waals surface area contributed by atoms with Crippen LogP contribution in [0, 0.1) is 5.92 Å². The Kier molecular flexibility index (Phi) is 8.87. The summed E-state index contributed by atoms with van der Waals surface area (Å²) in [4.78, 5) is 42.6. The monoisotopic (exact) mass is 481 g/mol. The highest BCUT2D eigenvalue weighted by atomic mass is 32.2. The fraction of sp³-hybridized carbons (Fsp3) is 0.385. The number of nitrogens with zero attached hydrogens (tertiary/aromatic N) is 2. The Morgan fingerprint density at radius 3 is 2.53 bits per heavy atom. The Labute approximate surface area is 203 Å². The van der Waals surface area contributed by atoms with Crippen molar-refractivity contribution in [3.05, 3.63) is 70.0 Å². The van der Waals surface area contributed by atoms with Crippen molar-refractivity contribution in [3.63, 3.8) is 0 Å². The molecule has 2 aromatic carbocycles. The Bertz CT molecular complexity index is 1210. The summed E-state index contributed by atoms with van der Waals surface area (Å²) < 4.78 is 6.40. The molecule has 0 aliphatic carbocycles. The number of ether oxygens (including phenoxy) is 1. The lowest BCUT2D eigenvalue weighted by Crippen LogP contribution is -2.31. The maximum atomic E-state index is 13.2. The first kappa shape index (κ1) is 25.5. The molecule has 0 aliphatic heterocycles. The van der Waals surface area contributed by atoms with Crippen LogP contribution in [-0.4, -0.2) is 34.3 Å². The van der Waals surface area contributed by atoms with E-state index in [1.54, 1.807) is 22.8 Å². The Balaban J connectivity index is 1.87. The van der Waals surface area contributed by atoms with Crippen LogP contribution in [0.25, 0.3) is 10.9 Å². The normalized spacial score (nSPS) is 12.0. The molecule has 1 atom stereocenters. The molecule has 3 aromatic rings. The highest BCUT2D eigenvalue weighted by molar-refractivity contribution is 7.99. The third-order valence-electron chi connectivity index (χ3n) is 5.34. The molecule has 0 saturated heterocycles. The molecular formula is C26H31N3O4S. The first-order chi connectivity index (χ1) is 16.3. The summed E-state index contributed by atoms with van der Waals surface area (Å²) in [5, 5.41) is 3.99. The molecule has 7 nitrogen and oxygen atoms in total. The van der Waals surface area contributed by atoms with Crippen molar-refractivity contribution < 1.29 is 14.3 Å². The maximum absolute atomic E-state index is 13.2. The van der Waals surface area contributed by atoms with Gasteiger partial charge in [-0.1, -0.05) is 69.3 Å². The van der Waals surface area contributed by atoms with Crippen LogP contribution in [0.2, 0.25) is 0 Å². The quantitative estimate of drug-likeness (QED) is 0.259. The smallest absolute Gasteiger partial charge is 0.337 e.